The van der Waals surface area contributed by atoms with Gasteiger partial charge in [-0.1, -0.05) is 17.7 Å². The van der Waals surface area contributed by atoms with Crippen LogP contribution < -0.4 is 13.9 Å². The van der Waals surface area contributed by atoms with Gasteiger partial charge < -0.3 is 14.5 Å². The summed E-state index contributed by atoms with van der Waals surface area (Å²) in [6.45, 7) is 0.607. The fourth-order valence-corrected chi connectivity index (χ4v) is 5.65. The molecule has 0 N–H and O–H groups in total. The van der Waals surface area contributed by atoms with Crippen molar-refractivity contribution >= 4 is 38.9 Å². The molecule has 38 heavy (non-hydrogen) atoms. The lowest BCUT2D eigenvalue weighted by atomic mass is 10.1. The second-order valence-corrected chi connectivity index (χ2v) is 10.9. The maximum absolute atomic E-state index is 13.6. The minimum absolute atomic E-state index is 0.0181. The van der Waals surface area contributed by atoms with Crippen LogP contribution in [0.5, 0.6) is 5.75 Å². The molecular weight excluding hydrogens is 543 g/mol. The topological polar surface area (TPSA) is 70.2 Å². The van der Waals surface area contributed by atoms with Crippen molar-refractivity contribution in [2.75, 3.05) is 49.0 Å². The van der Waals surface area contributed by atoms with E-state index in [4.69, 9.17) is 16.3 Å². The number of rotatable bonds is 7. The summed E-state index contributed by atoms with van der Waals surface area (Å²) >= 11 is 5.98. The van der Waals surface area contributed by atoms with Crippen LogP contribution >= 0.6 is 11.6 Å². The number of anilines is 2. The van der Waals surface area contributed by atoms with E-state index >= 15 is 0 Å². The first-order chi connectivity index (χ1) is 18.0. The summed E-state index contributed by atoms with van der Waals surface area (Å²) in [4.78, 5) is 16.5. The molecular formula is C26H25ClF3N3O4S. The van der Waals surface area contributed by atoms with Gasteiger partial charge in [0.05, 0.1) is 23.3 Å². The third-order valence-corrected chi connectivity index (χ3v) is 8.25. The first-order valence-electron chi connectivity index (χ1n) is 11.6. The highest BCUT2D eigenvalue weighted by Gasteiger charge is 2.32. The Hall–Kier alpha value is -3.44. The molecule has 1 amide bonds. The predicted molar refractivity (Wildman–Crippen MR) is 139 cm³/mol. The monoisotopic (exact) mass is 567 g/mol. The van der Waals surface area contributed by atoms with Gasteiger partial charge in [-0.25, -0.2) is 8.42 Å². The molecule has 1 heterocycles. The van der Waals surface area contributed by atoms with Gasteiger partial charge in [-0.15, -0.1) is 0 Å². The van der Waals surface area contributed by atoms with Crippen LogP contribution in [0.1, 0.15) is 5.56 Å². The molecule has 202 valence electrons. The first kappa shape index (κ1) is 27.6. The van der Waals surface area contributed by atoms with Crippen LogP contribution in [0.3, 0.4) is 0 Å². The van der Waals surface area contributed by atoms with Crippen LogP contribution in [-0.4, -0.2) is 59.1 Å². The van der Waals surface area contributed by atoms with E-state index in [1.807, 2.05) is 0 Å². The second-order valence-electron chi connectivity index (χ2n) is 8.58. The molecule has 0 aliphatic carbocycles. The van der Waals surface area contributed by atoms with Crippen molar-refractivity contribution in [1.82, 2.24) is 4.90 Å². The van der Waals surface area contributed by atoms with Crippen molar-refractivity contribution in [3.05, 3.63) is 83.4 Å². The van der Waals surface area contributed by atoms with Gasteiger partial charge >= 0.3 is 6.18 Å². The molecule has 0 bridgehead atoms. The Labute approximate surface area is 224 Å². The van der Waals surface area contributed by atoms with Gasteiger partial charge in [0, 0.05) is 36.9 Å². The highest BCUT2D eigenvalue weighted by molar-refractivity contribution is 7.92. The quantitative estimate of drug-likeness (QED) is 0.406. The maximum atomic E-state index is 13.6. The van der Waals surface area contributed by atoms with Crippen LogP contribution in [0.25, 0.3) is 0 Å². The van der Waals surface area contributed by atoms with E-state index in [9.17, 15) is 26.4 Å². The average Bonchev–Trinajstić information content (AvgIpc) is 2.92. The highest BCUT2D eigenvalue weighted by atomic mass is 35.5. The number of methoxy groups -OCH3 is 1. The number of ether oxygens (including phenoxy) is 1. The lowest BCUT2D eigenvalue weighted by Gasteiger charge is -2.37. The second kappa shape index (κ2) is 11.1. The minimum atomic E-state index is -4.45. The molecule has 1 fully saturated rings. The van der Waals surface area contributed by atoms with Crippen molar-refractivity contribution in [2.45, 2.75) is 11.1 Å². The van der Waals surface area contributed by atoms with Crippen LogP contribution in [0.4, 0.5) is 24.5 Å². The molecule has 12 heteroatoms. The number of amides is 1. The molecule has 0 spiro atoms. The van der Waals surface area contributed by atoms with E-state index in [2.05, 4.69) is 0 Å². The molecule has 1 aliphatic rings. The number of piperazine rings is 1. The molecule has 1 aliphatic heterocycles. The number of nitrogens with zero attached hydrogens (tertiary/aromatic N) is 3. The van der Waals surface area contributed by atoms with Crippen molar-refractivity contribution in [3.63, 3.8) is 0 Å². The molecule has 0 aromatic heterocycles. The van der Waals surface area contributed by atoms with Crippen LogP contribution in [0.15, 0.2) is 77.7 Å². The Morgan fingerprint density at radius 2 is 1.61 bits per heavy atom. The molecule has 0 unspecified atom stereocenters. The summed E-state index contributed by atoms with van der Waals surface area (Å²) in [5, 5.41) is 0.410. The van der Waals surface area contributed by atoms with Gasteiger partial charge in [-0.3, -0.25) is 9.10 Å². The van der Waals surface area contributed by atoms with Gasteiger partial charge in [-0.05, 0) is 66.7 Å². The number of benzene rings is 3. The summed E-state index contributed by atoms with van der Waals surface area (Å²) in [5.74, 6) is 0.0532. The molecule has 7 nitrogen and oxygen atoms in total. The highest BCUT2D eigenvalue weighted by Crippen LogP contribution is 2.32. The number of halogens is 4. The molecule has 0 saturated carbocycles. The standard InChI is InChI=1S/C26H25ClF3N3O4S/c1-37-23-9-11-24(12-10-23)38(35,36)33(21-7-5-20(27)6-8-21)18-25(34)32-15-13-31(14-16-32)22-4-2-3-19(17-22)26(28,29)30/h2-12,17H,13-16,18H2,1H3. The number of carbonyl (C=O) groups excluding carboxylic acids is 1. The minimum Gasteiger partial charge on any atom is -0.497 e. The lowest BCUT2D eigenvalue weighted by Crippen LogP contribution is -2.52. The first-order valence-corrected chi connectivity index (χ1v) is 13.4. The number of hydrogen-bond donors (Lipinski definition) is 0. The third kappa shape index (κ3) is 6.16. The maximum Gasteiger partial charge on any atom is 0.416 e. The van der Waals surface area contributed by atoms with Crippen molar-refractivity contribution in [2.24, 2.45) is 0 Å². The van der Waals surface area contributed by atoms with E-state index in [1.165, 1.54) is 66.6 Å². The van der Waals surface area contributed by atoms with Gasteiger partial charge in [0.2, 0.25) is 5.91 Å². The molecule has 3 aromatic rings. The van der Waals surface area contributed by atoms with Gasteiger partial charge in [0.15, 0.2) is 0 Å². The van der Waals surface area contributed by atoms with Crippen LogP contribution in [-0.2, 0) is 21.0 Å². The normalized spacial score (nSPS) is 14.3. The molecule has 0 radical (unpaired) electrons. The van der Waals surface area contributed by atoms with Crippen molar-refractivity contribution in [3.8, 4) is 5.75 Å². The molecule has 1 saturated heterocycles. The average molecular weight is 568 g/mol. The zero-order valence-corrected chi connectivity index (χ0v) is 21.9. The Morgan fingerprint density at radius 1 is 0.974 bits per heavy atom. The third-order valence-electron chi connectivity index (χ3n) is 6.21. The summed E-state index contributed by atoms with van der Waals surface area (Å²) in [5.41, 5.74) is -0.0613. The number of carbonyl (C=O) groups is 1. The van der Waals surface area contributed by atoms with Gasteiger partial charge in [-0.2, -0.15) is 13.2 Å². The molecule has 0 atom stereocenters. The zero-order valence-electron chi connectivity index (χ0n) is 20.4. The van der Waals surface area contributed by atoms with Crippen LogP contribution in [0.2, 0.25) is 5.02 Å². The smallest absolute Gasteiger partial charge is 0.416 e. The Morgan fingerprint density at radius 3 is 2.18 bits per heavy atom. The number of hydrogen-bond acceptors (Lipinski definition) is 5. The summed E-state index contributed by atoms with van der Waals surface area (Å²) in [6.07, 6.45) is -4.45. The Bertz CT molecular complexity index is 1380. The van der Waals surface area contributed by atoms with E-state index in [-0.39, 0.29) is 23.7 Å². The van der Waals surface area contributed by atoms with Crippen LogP contribution in [0, 0.1) is 0 Å². The molecule has 4 rings (SSSR count). The summed E-state index contributed by atoms with van der Waals surface area (Å²) in [7, 11) is -2.66. The van der Waals surface area contributed by atoms with E-state index in [1.54, 1.807) is 11.0 Å². The Kier molecular flexibility index (Phi) is 8.08. The Balaban J connectivity index is 1.51. The van der Waals surface area contributed by atoms with Crippen molar-refractivity contribution < 1.29 is 31.1 Å². The summed E-state index contributed by atoms with van der Waals surface area (Å²) < 4.78 is 72.6. The van der Waals surface area contributed by atoms with Gasteiger partial charge in [0.1, 0.15) is 12.3 Å². The fourth-order valence-electron chi connectivity index (χ4n) is 4.11. The summed E-state index contributed by atoms with van der Waals surface area (Å²) in [6, 6.07) is 17.0. The zero-order chi connectivity index (χ0) is 27.5. The van der Waals surface area contributed by atoms with E-state index in [0.717, 1.165) is 16.4 Å². The predicted octanol–water partition coefficient (Wildman–Crippen LogP) is 4.91. The van der Waals surface area contributed by atoms with Crippen molar-refractivity contribution in [1.29, 1.82) is 0 Å². The lowest BCUT2D eigenvalue weighted by molar-refractivity contribution is -0.137. The number of alkyl halides is 3. The van der Waals surface area contributed by atoms with Gasteiger partial charge in [0.25, 0.3) is 10.0 Å². The SMILES string of the molecule is COc1ccc(S(=O)(=O)N(CC(=O)N2CCN(c3cccc(C(F)(F)F)c3)CC2)c2ccc(Cl)cc2)cc1. The largest absolute Gasteiger partial charge is 0.497 e. The van der Waals surface area contributed by atoms with E-state index in [0.29, 0.717) is 29.5 Å². The number of sulfonamides is 1. The van der Waals surface area contributed by atoms with E-state index < -0.39 is 34.2 Å². The molecule has 3 aromatic carbocycles. The fraction of sp³-hybridized carbons (Fsp3) is 0.269.